The van der Waals surface area contributed by atoms with Crippen LogP contribution < -0.4 is 5.32 Å². The number of hydrogen-bond acceptors (Lipinski definition) is 4. The van der Waals surface area contributed by atoms with Gasteiger partial charge in [-0.3, -0.25) is 4.79 Å². The topological polar surface area (TPSA) is 73.0 Å². The van der Waals surface area contributed by atoms with Crippen molar-refractivity contribution in [2.24, 2.45) is 0 Å². The third-order valence-electron chi connectivity index (χ3n) is 4.09. The van der Waals surface area contributed by atoms with Gasteiger partial charge >= 0.3 is 0 Å². The van der Waals surface area contributed by atoms with Crippen molar-refractivity contribution >= 4 is 34.3 Å². The van der Waals surface area contributed by atoms with Crippen molar-refractivity contribution in [3.8, 4) is 5.69 Å². The third-order valence-corrected chi connectivity index (χ3v) is 4.34. The number of anilines is 1. The van der Waals surface area contributed by atoms with Crippen molar-refractivity contribution in [1.82, 2.24) is 14.8 Å². The van der Waals surface area contributed by atoms with Crippen LogP contribution in [0.1, 0.15) is 36.0 Å². The number of carbonyl (C=O) groups excluding carboxylic acids is 1. The number of fused-ring (bicyclic) bond motifs is 1. The summed E-state index contributed by atoms with van der Waals surface area (Å²) in [6.07, 6.45) is 3.19. The molecule has 1 amide bonds. The van der Waals surface area contributed by atoms with E-state index in [2.05, 4.69) is 15.4 Å². The lowest BCUT2D eigenvalue weighted by molar-refractivity contribution is 0.102. The van der Waals surface area contributed by atoms with Crippen molar-refractivity contribution in [3.05, 3.63) is 71.3 Å². The largest absolute Gasteiger partial charge is 0.440 e. The van der Waals surface area contributed by atoms with E-state index < -0.39 is 0 Å². The van der Waals surface area contributed by atoms with Crippen molar-refractivity contribution in [3.63, 3.8) is 0 Å². The molecule has 0 fully saturated rings. The Hall–Kier alpha value is -3.12. The molecule has 0 aliphatic carbocycles. The molecule has 27 heavy (non-hydrogen) atoms. The van der Waals surface area contributed by atoms with Crippen LogP contribution in [0.15, 0.2) is 59.3 Å². The Morgan fingerprint density at radius 1 is 1.19 bits per heavy atom. The van der Waals surface area contributed by atoms with Gasteiger partial charge in [-0.15, -0.1) is 0 Å². The number of aromatic nitrogens is 3. The molecule has 0 saturated carbocycles. The van der Waals surface area contributed by atoms with E-state index in [0.29, 0.717) is 33.3 Å². The van der Waals surface area contributed by atoms with Crippen LogP contribution in [0.3, 0.4) is 0 Å². The summed E-state index contributed by atoms with van der Waals surface area (Å²) in [6.45, 7) is 4.04. The average molecular weight is 381 g/mol. The Morgan fingerprint density at radius 3 is 2.70 bits per heavy atom. The molecule has 0 unspecified atom stereocenters. The number of oxazole rings is 1. The Morgan fingerprint density at radius 2 is 1.96 bits per heavy atom. The third kappa shape index (κ3) is 3.57. The van der Waals surface area contributed by atoms with Crippen molar-refractivity contribution < 1.29 is 9.21 Å². The van der Waals surface area contributed by atoms with Gasteiger partial charge in [0.05, 0.1) is 17.4 Å². The molecule has 2 heterocycles. The van der Waals surface area contributed by atoms with Crippen molar-refractivity contribution in [2.75, 3.05) is 5.32 Å². The van der Waals surface area contributed by atoms with Crippen LogP contribution in [0.4, 0.5) is 5.69 Å². The van der Waals surface area contributed by atoms with Gasteiger partial charge in [0, 0.05) is 22.8 Å². The van der Waals surface area contributed by atoms with Gasteiger partial charge in [-0.2, -0.15) is 5.10 Å². The van der Waals surface area contributed by atoms with Gasteiger partial charge in [0.2, 0.25) is 0 Å². The highest BCUT2D eigenvalue weighted by Gasteiger charge is 2.13. The molecule has 4 aromatic rings. The number of amides is 1. The molecule has 1 N–H and O–H groups in total. The van der Waals surface area contributed by atoms with Crippen LogP contribution in [0.2, 0.25) is 5.02 Å². The molecule has 6 nitrogen and oxygen atoms in total. The lowest BCUT2D eigenvalue weighted by Crippen LogP contribution is -2.11. The van der Waals surface area contributed by atoms with Gasteiger partial charge in [-0.1, -0.05) is 25.4 Å². The first-order valence-electron chi connectivity index (χ1n) is 8.52. The van der Waals surface area contributed by atoms with E-state index in [9.17, 15) is 4.79 Å². The van der Waals surface area contributed by atoms with Gasteiger partial charge in [0.25, 0.3) is 5.91 Å². The molecular formula is C20H17ClN4O2. The predicted molar refractivity (Wildman–Crippen MR) is 105 cm³/mol. The maximum absolute atomic E-state index is 12.5. The van der Waals surface area contributed by atoms with E-state index in [1.807, 2.05) is 26.0 Å². The Bertz CT molecular complexity index is 1110. The number of nitrogens with one attached hydrogen (secondary N) is 1. The Balaban J connectivity index is 1.53. The van der Waals surface area contributed by atoms with E-state index in [1.54, 1.807) is 41.2 Å². The highest BCUT2D eigenvalue weighted by Crippen LogP contribution is 2.24. The minimum Gasteiger partial charge on any atom is -0.440 e. The molecule has 0 radical (unpaired) electrons. The number of carbonyl (C=O) groups is 1. The van der Waals surface area contributed by atoms with Gasteiger partial charge in [-0.25, -0.2) is 9.67 Å². The average Bonchev–Trinajstić information content (AvgIpc) is 3.29. The monoisotopic (exact) mass is 380 g/mol. The van der Waals surface area contributed by atoms with Gasteiger partial charge < -0.3 is 9.73 Å². The fourth-order valence-corrected chi connectivity index (χ4v) is 2.77. The lowest BCUT2D eigenvalue weighted by Gasteiger charge is -2.03. The summed E-state index contributed by atoms with van der Waals surface area (Å²) < 4.78 is 7.31. The first kappa shape index (κ1) is 17.3. The quantitative estimate of drug-likeness (QED) is 0.538. The second kappa shape index (κ2) is 6.89. The maximum Gasteiger partial charge on any atom is 0.258 e. The highest BCUT2D eigenvalue weighted by atomic mass is 35.5. The number of hydrogen-bond donors (Lipinski definition) is 1. The van der Waals surface area contributed by atoms with Crippen LogP contribution in [0, 0.1) is 0 Å². The Labute approximate surface area is 160 Å². The fraction of sp³-hybridized carbons (Fsp3) is 0.150. The molecule has 0 aliphatic rings. The van der Waals surface area contributed by atoms with Crippen LogP contribution >= 0.6 is 11.6 Å². The van der Waals surface area contributed by atoms with Crippen molar-refractivity contribution in [2.45, 2.75) is 19.8 Å². The molecule has 0 spiro atoms. The summed E-state index contributed by atoms with van der Waals surface area (Å²) >= 11 is 5.90. The van der Waals surface area contributed by atoms with Crippen LogP contribution in [0.5, 0.6) is 0 Å². The molecule has 2 aromatic carbocycles. The molecule has 0 saturated heterocycles. The molecular weight excluding hydrogens is 364 g/mol. The summed E-state index contributed by atoms with van der Waals surface area (Å²) in [5, 5.41) is 7.75. The Kier molecular flexibility index (Phi) is 4.41. The summed E-state index contributed by atoms with van der Waals surface area (Å²) in [5.74, 6) is 0.633. The van der Waals surface area contributed by atoms with Crippen LogP contribution in [-0.4, -0.2) is 20.7 Å². The zero-order valence-electron chi connectivity index (χ0n) is 14.8. The van der Waals surface area contributed by atoms with Gasteiger partial charge in [0.1, 0.15) is 5.52 Å². The molecule has 4 rings (SSSR count). The first-order valence-corrected chi connectivity index (χ1v) is 8.90. The minimum absolute atomic E-state index is 0.203. The summed E-state index contributed by atoms with van der Waals surface area (Å²) in [5.41, 5.74) is 3.34. The number of nitrogens with zero attached hydrogens (tertiary/aromatic N) is 3. The van der Waals surface area contributed by atoms with E-state index in [1.165, 1.54) is 6.20 Å². The van der Waals surface area contributed by atoms with E-state index in [4.69, 9.17) is 16.0 Å². The van der Waals surface area contributed by atoms with Crippen LogP contribution in [0.25, 0.3) is 16.8 Å². The van der Waals surface area contributed by atoms with Gasteiger partial charge in [-0.05, 0) is 42.5 Å². The SMILES string of the molecule is CC(C)c1nc2cc(NC(=O)c3cnn(-c4ccc(Cl)cc4)c3)ccc2o1. The summed E-state index contributed by atoms with van der Waals surface area (Å²) in [6, 6.07) is 12.6. The standard InChI is InChI=1S/C20H17ClN4O2/c1-12(2)20-24-17-9-15(5-8-18(17)27-20)23-19(26)13-10-22-25(11-13)16-6-3-14(21)4-7-16/h3-12H,1-2H3,(H,23,26). The van der Waals surface area contributed by atoms with E-state index in [0.717, 1.165) is 5.69 Å². The second-order valence-corrected chi connectivity index (χ2v) is 6.93. The van der Waals surface area contributed by atoms with Gasteiger partial charge in [0.15, 0.2) is 11.5 Å². The zero-order chi connectivity index (χ0) is 19.0. The van der Waals surface area contributed by atoms with E-state index >= 15 is 0 Å². The molecule has 0 aliphatic heterocycles. The molecule has 2 aromatic heterocycles. The number of benzene rings is 2. The maximum atomic E-state index is 12.5. The zero-order valence-corrected chi connectivity index (χ0v) is 15.6. The molecule has 0 bridgehead atoms. The number of rotatable bonds is 4. The molecule has 136 valence electrons. The molecule has 0 atom stereocenters. The van der Waals surface area contributed by atoms with Crippen molar-refractivity contribution in [1.29, 1.82) is 0 Å². The smallest absolute Gasteiger partial charge is 0.258 e. The predicted octanol–water partition coefficient (Wildman–Crippen LogP) is 5.04. The number of halogens is 1. The fourth-order valence-electron chi connectivity index (χ4n) is 2.65. The highest BCUT2D eigenvalue weighted by molar-refractivity contribution is 6.30. The minimum atomic E-state index is -0.248. The summed E-state index contributed by atoms with van der Waals surface area (Å²) in [7, 11) is 0. The first-order chi connectivity index (χ1) is 13.0. The molecule has 7 heteroatoms. The van der Waals surface area contributed by atoms with Crippen LogP contribution in [-0.2, 0) is 0 Å². The second-order valence-electron chi connectivity index (χ2n) is 6.49. The normalized spacial score (nSPS) is 11.3. The lowest BCUT2D eigenvalue weighted by atomic mass is 10.2. The van der Waals surface area contributed by atoms with E-state index in [-0.39, 0.29) is 11.8 Å². The summed E-state index contributed by atoms with van der Waals surface area (Å²) in [4.78, 5) is 17.0.